The molecule has 0 aliphatic carbocycles. The molecule has 1 amide bonds. The van der Waals surface area contributed by atoms with E-state index in [0.717, 1.165) is 22.0 Å². The van der Waals surface area contributed by atoms with Crippen molar-refractivity contribution in [3.05, 3.63) is 41.4 Å². The Labute approximate surface area is 144 Å². The summed E-state index contributed by atoms with van der Waals surface area (Å²) in [6.45, 7) is 14.8. The van der Waals surface area contributed by atoms with Gasteiger partial charge in [-0.1, -0.05) is 25.6 Å². The highest BCUT2D eigenvalue weighted by Crippen LogP contribution is 2.20. The molecule has 0 fully saturated rings. The number of nitrogens with one attached hydrogen (secondary N) is 1. The summed E-state index contributed by atoms with van der Waals surface area (Å²) >= 11 is 1.67. The van der Waals surface area contributed by atoms with Crippen molar-refractivity contribution < 1.29 is 9.53 Å². The maximum absolute atomic E-state index is 12.2. The number of hydrogen-bond acceptors (Lipinski definition) is 4. The average Bonchev–Trinajstić information content (AvgIpc) is 2.43. The number of nitrogens with zero attached hydrogens (tertiary/aromatic N) is 1. The van der Waals surface area contributed by atoms with Crippen LogP contribution in [0.4, 0.5) is 10.5 Å². The van der Waals surface area contributed by atoms with Crippen LogP contribution in [0.1, 0.15) is 40.2 Å². The first-order valence-corrected chi connectivity index (χ1v) is 8.89. The van der Waals surface area contributed by atoms with Crippen molar-refractivity contribution in [2.75, 3.05) is 17.6 Å². The summed E-state index contributed by atoms with van der Waals surface area (Å²) in [4.78, 5) is 13.9. The Morgan fingerprint density at radius 1 is 1.35 bits per heavy atom. The Balaban J connectivity index is 2.74. The van der Waals surface area contributed by atoms with Crippen molar-refractivity contribution in [1.29, 1.82) is 0 Å². The normalized spacial score (nSPS) is 11.0. The molecule has 1 aromatic rings. The monoisotopic (exact) mass is 336 g/mol. The predicted molar refractivity (Wildman–Crippen MR) is 99.7 cm³/mol. The van der Waals surface area contributed by atoms with Gasteiger partial charge in [-0.2, -0.15) is 0 Å². The van der Waals surface area contributed by atoms with Crippen molar-refractivity contribution in [2.45, 2.75) is 46.8 Å². The Hall–Kier alpha value is -1.62. The number of amides is 1. The standard InChI is InChI=1S/C18H28N2O2S/c1-7-20(17(21)22-18(4,5)6)13-15-10-9-11-16(12-15)19-14(3)23-8-2/h9-12,19H,3,7-8,13H2,1-2,4-6H3. The molecule has 0 spiro atoms. The van der Waals surface area contributed by atoms with Crippen molar-refractivity contribution >= 4 is 23.5 Å². The lowest BCUT2D eigenvalue weighted by molar-refractivity contribution is 0.0244. The molecular weight excluding hydrogens is 308 g/mol. The molecule has 23 heavy (non-hydrogen) atoms. The fourth-order valence-electron chi connectivity index (χ4n) is 1.97. The SMILES string of the molecule is C=C(Nc1cccc(CN(CC)C(=O)OC(C)(C)C)c1)SCC. The van der Waals surface area contributed by atoms with Crippen molar-refractivity contribution in [2.24, 2.45) is 0 Å². The molecule has 0 atom stereocenters. The number of ether oxygens (including phenoxy) is 1. The maximum Gasteiger partial charge on any atom is 0.410 e. The Morgan fingerprint density at radius 3 is 2.61 bits per heavy atom. The van der Waals surface area contributed by atoms with Gasteiger partial charge in [0.05, 0.1) is 5.03 Å². The zero-order valence-electron chi connectivity index (χ0n) is 14.8. The van der Waals surface area contributed by atoms with Gasteiger partial charge in [-0.15, -0.1) is 11.8 Å². The lowest BCUT2D eigenvalue weighted by atomic mass is 10.2. The highest BCUT2D eigenvalue weighted by molar-refractivity contribution is 8.03. The number of carbonyl (C=O) groups excluding carboxylic acids is 1. The zero-order valence-corrected chi connectivity index (χ0v) is 15.6. The fraction of sp³-hybridized carbons (Fsp3) is 0.500. The van der Waals surface area contributed by atoms with E-state index in [2.05, 4.69) is 18.8 Å². The van der Waals surface area contributed by atoms with Crippen molar-refractivity contribution in [3.63, 3.8) is 0 Å². The topological polar surface area (TPSA) is 41.6 Å². The van der Waals surface area contributed by atoms with E-state index >= 15 is 0 Å². The molecule has 0 aromatic heterocycles. The van der Waals surface area contributed by atoms with Crippen LogP contribution in [0, 0.1) is 0 Å². The van der Waals surface area contributed by atoms with Crippen molar-refractivity contribution in [1.82, 2.24) is 4.90 Å². The third-order valence-electron chi connectivity index (χ3n) is 2.94. The maximum atomic E-state index is 12.2. The van der Waals surface area contributed by atoms with E-state index in [1.807, 2.05) is 52.0 Å². The number of rotatable bonds is 7. The average molecular weight is 337 g/mol. The number of hydrogen-bond donors (Lipinski definition) is 1. The molecule has 0 heterocycles. The molecular formula is C18H28N2O2S. The van der Waals surface area contributed by atoms with E-state index in [-0.39, 0.29) is 6.09 Å². The van der Waals surface area contributed by atoms with E-state index in [0.29, 0.717) is 13.1 Å². The van der Waals surface area contributed by atoms with Gasteiger partial charge in [-0.05, 0) is 51.1 Å². The molecule has 4 nitrogen and oxygen atoms in total. The van der Waals surface area contributed by atoms with Crippen LogP contribution in [0.25, 0.3) is 0 Å². The summed E-state index contributed by atoms with van der Waals surface area (Å²) in [5.41, 5.74) is 1.55. The molecule has 1 N–H and O–H groups in total. The second kappa shape index (κ2) is 8.87. The molecule has 0 aliphatic rings. The Kier molecular flexibility index (Phi) is 7.49. The predicted octanol–water partition coefficient (Wildman–Crippen LogP) is 5.08. The van der Waals surface area contributed by atoms with E-state index in [4.69, 9.17) is 4.74 Å². The smallest absolute Gasteiger partial charge is 0.410 e. The molecule has 0 saturated carbocycles. The molecule has 5 heteroatoms. The minimum absolute atomic E-state index is 0.288. The first-order chi connectivity index (χ1) is 10.7. The summed E-state index contributed by atoms with van der Waals surface area (Å²) in [6.07, 6.45) is -0.288. The van der Waals surface area contributed by atoms with Gasteiger partial charge in [0.1, 0.15) is 5.60 Å². The van der Waals surface area contributed by atoms with Crippen LogP contribution in [0.2, 0.25) is 0 Å². The molecule has 1 aromatic carbocycles. The third kappa shape index (κ3) is 7.46. The molecule has 0 saturated heterocycles. The number of anilines is 1. The second-order valence-electron chi connectivity index (χ2n) is 6.18. The quantitative estimate of drug-likeness (QED) is 0.754. The van der Waals surface area contributed by atoms with Gasteiger partial charge in [0.2, 0.25) is 0 Å². The minimum atomic E-state index is -0.483. The summed E-state index contributed by atoms with van der Waals surface area (Å²) < 4.78 is 5.44. The highest BCUT2D eigenvalue weighted by atomic mass is 32.2. The van der Waals surface area contributed by atoms with E-state index in [1.54, 1.807) is 16.7 Å². The van der Waals surface area contributed by atoms with Gasteiger partial charge in [-0.25, -0.2) is 4.79 Å². The number of benzene rings is 1. The lowest BCUT2D eigenvalue weighted by Crippen LogP contribution is -2.36. The van der Waals surface area contributed by atoms with Gasteiger partial charge < -0.3 is 15.0 Å². The van der Waals surface area contributed by atoms with Gasteiger partial charge in [-0.3, -0.25) is 0 Å². The van der Waals surface area contributed by atoms with Crippen LogP contribution in [0.5, 0.6) is 0 Å². The van der Waals surface area contributed by atoms with Crippen LogP contribution in [-0.4, -0.2) is 28.9 Å². The van der Waals surface area contributed by atoms with Gasteiger partial charge in [0, 0.05) is 18.8 Å². The van der Waals surface area contributed by atoms with Crippen LogP contribution in [0.3, 0.4) is 0 Å². The number of thioether (sulfide) groups is 1. The lowest BCUT2D eigenvalue weighted by Gasteiger charge is -2.26. The summed E-state index contributed by atoms with van der Waals surface area (Å²) in [7, 11) is 0. The van der Waals surface area contributed by atoms with Crippen molar-refractivity contribution in [3.8, 4) is 0 Å². The molecule has 0 unspecified atom stereocenters. The fourth-order valence-corrected chi connectivity index (χ4v) is 2.51. The first-order valence-electron chi connectivity index (χ1n) is 7.90. The largest absolute Gasteiger partial charge is 0.444 e. The molecule has 0 radical (unpaired) electrons. The van der Waals surface area contributed by atoms with Gasteiger partial charge >= 0.3 is 6.09 Å². The first kappa shape index (κ1) is 19.4. The third-order valence-corrected chi connectivity index (χ3v) is 3.68. The van der Waals surface area contributed by atoms with E-state index in [9.17, 15) is 4.79 Å². The van der Waals surface area contributed by atoms with Crippen LogP contribution in [-0.2, 0) is 11.3 Å². The summed E-state index contributed by atoms with van der Waals surface area (Å²) in [6, 6.07) is 8.02. The van der Waals surface area contributed by atoms with Crippen LogP contribution in [0.15, 0.2) is 35.9 Å². The van der Waals surface area contributed by atoms with Crippen LogP contribution < -0.4 is 5.32 Å². The Morgan fingerprint density at radius 2 is 2.04 bits per heavy atom. The molecule has 0 bridgehead atoms. The molecule has 0 aliphatic heterocycles. The Bertz CT molecular complexity index is 538. The number of carbonyl (C=O) groups is 1. The highest BCUT2D eigenvalue weighted by Gasteiger charge is 2.21. The molecule has 128 valence electrons. The van der Waals surface area contributed by atoms with Crippen LogP contribution >= 0.6 is 11.8 Å². The summed E-state index contributed by atoms with van der Waals surface area (Å²) in [5.74, 6) is 0.980. The summed E-state index contributed by atoms with van der Waals surface area (Å²) in [5, 5.41) is 4.20. The minimum Gasteiger partial charge on any atom is -0.444 e. The molecule has 1 rings (SSSR count). The van der Waals surface area contributed by atoms with E-state index in [1.165, 1.54) is 0 Å². The van der Waals surface area contributed by atoms with Gasteiger partial charge in [0.15, 0.2) is 0 Å². The van der Waals surface area contributed by atoms with Gasteiger partial charge in [0.25, 0.3) is 0 Å². The van der Waals surface area contributed by atoms with E-state index < -0.39 is 5.60 Å². The second-order valence-corrected chi connectivity index (χ2v) is 7.53. The zero-order chi connectivity index (χ0) is 17.5.